The zero-order valence-corrected chi connectivity index (χ0v) is 16.9. The van der Waals surface area contributed by atoms with Gasteiger partial charge in [-0.15, -0.1) is 0 Å². The van der Waals surface area contributed by atoms with Crippen LogP contribution in [0.2, 0.25) is 10.0 Å². The van der Waals surface area contributed by atoms with Crippen molar-refractivity contribution in [2.75, 3.05) is 0 Å². The van der Waals surface area contributed by atoms with E-state index in [4.69, 9.17) is 28.9 Å². The summed E-state index contributed by atoms with van der Waals surface area (Å²) in [6.07, 6.45) is -0.150. The van der Waals surface area contributed by atoms with Crippen LogP contribution in [0.4, 0.5) is 4.79 Å². The number of primary amides is 1. The Morgan fingerprint density at radius 3 is 2.48 bits per heavy atom. The third-order valence-corrected chi connectivity index (χ3v) is 4.50. The SMILES string of the molecule is NC(=O)NC(CC(=O)NNC(=O)c1cc(Cl)ccc1Cl)c1cccc(Br)c1. The monoisotopic (exact) mass is 472 g/mol. The van der Waals surface area contributed by atoms with Crippen molar-refractivity contribution < 1.29 is 14.4 Å². The molecule has 0 aliphatic heterocycles. The third-order valence-electron chi connectivity index (χ3n) is 3.45. The van der Waals surface area contributed by atoms with Gasteiger partial charge in [0.25, 0.3) is 5.91 Å². The molecular weight excluding hydrogens is 459 g/mol. The standard InChI is InChI=1S/C17H15BrCl2N4O3/c18-10-3-1-2-9(6-10)14(22-17(21)27)8-15(25)23-24-16(26)12-7-11(19)4-5-13(12)20/h1-7,14H,8H2,(H,23,25)(H,24,26)(H3,21,22,27). The number of urea groups is 1. The van der Waals surface area contributed by atoms with E-state index in [1.54, 1.807) is 24.3 Å². The minimum atomic E-state index is -0.775. The molecule has 0 fully saturated rings. The summed E-state index contributed by atoms with van der Waals surface area (Å²) in [6, 6.07) is 9.99. The highest BCUT2D eigenvalue weighted by molar-refractivity contribution is 9.10. The Morgan fingerprint density at radius 2 is 1.81 bits per heavy atom. The molecule has 0 bridgehead atoms. The van der Waals surface area contributed by atoms with Crippen LogP contribution in [0.15, 0.2) is 46.9 Å². The number of halogens is 3. The van der Waals surface area contributed by atoms with E-state index in [0.717, 1.165) is 4.47 Å². The summed E-state index contributed by atoms with van der Waals surface area (Å²) in [5, 5.41) is 3.01. The van der Waals surface area contributed by atoms with Crippen molar-refractivity contribution in [3.63, 3.8) is 0 Å². The van der Waals surface area contributed by atoms with Gasteiger partial charge in [-0.3, -0.25) is 20.4 Å². The number of hydrogen-bond donors (Lipinski definition) is 4. The highest BCUT2D eigenvalue weighted by Gasteiger charge is 2.19. The van der Waals surface area contributed by atoms with Crippen molar-refractivity contribution in [1.82, 2.24) is 16.2 Å². The number of hydrogen-bond acceptors (Lipinski definition) is 3. The number of hydrazine groups is 1. The van der Waals surface area contributed by atoms with Gasteiger partial charge < -0.3 is 11.1 Å². The molecule has 0 heterocycles. The fourth-order valence-electron chi connectivity index (χ4n) is 2.25. The first-order chi connectivity index (χ1) is 12.8. The second-order valence-electron chi connectivity index (χ2n) is 5.45. The van der Waals surface area contributed by atoms with Crippen LogP contribution >= 0.6 is 39.1 Å². The highest BCUT2D eigenvalue weighted by atomic mass is 79.9. The maximum Gasteiger partial charge on any atom is 0.312 e. The Bertz CT molecular complexity index is 879. The molecule has 2 aromatic rings. The van der Waals surface area contributed by atoms with Crippen molar-refractivity contribution in [2.24, 2.45) is 5.73 Å². The molecule has 0 spiro atoms. The highest BCUT2D eigenvalue weighted by Crippen LogP contribution is 2.21. The van der Waals surface area contributed by atoms with E-state index < -0.39 is 23.9 Å². The number of amides is 4. The van der Waals surface area contributed by atoms with Gasteiger partial charge in [-0.05, 0) is 35.9 Å². The van der Waals surface area contributed by atoms with E-state index in [2.05, 4.69) is 32.1 Å². The normalized spacial score (nSPS) is 11.4. The Balaban J connectivity index is 2.02. The lowest BCUT2D eigenvalue weighted by Gasteiger charge is -2.18. The smallest absolute Gasteiger partial charge is 0.312 e. The van der Waals surface area contributed by atoms with Crippen molar-refractivity contribution in [3.8, 4) is 0 Å². The molecule has 0 aliphatic rings. The lowest BCUT2D eigenvalue weighted by Crippen LogP contribution is -2.44. The average Bonchev–Trinajstić information content (AvgIpc) is 2.60. The zero-order valence-electron chi connectivity index (χ0n) is 13.8. The molecule has 1 unspecified atom stereocenters. The molecule has 1 atom stereocenters. The van der Waals surface area contributed by atoms with Gasteiger partial charge in [-0.25, -0.2) is 4.79 Å². The lowest BCUT2D eigenvalue weighted by atomic mass is 10.0. The minimum Gasteiger partial charge on any atom is -0.352 e. The predicted molar refractivity (Wildman–Crippen MR) is 106 cm³/mol. The first-order valence-corrected chi connectivity index (χ1v) is 9.17. The number of nitrogens with one attached hydrogen (secondary N) is 3. The second kappa shape index (κ2) is 9.59. The van der Waals surface area contributed by atoms with Crippen molar-refractivity contribution in [2.45, 2.75) is 12.5 Å². The molecule has 142 valence electrons. The number of carbonyl (C=O) groups is 3. The molecule has 0 radical (unpaired) electrons. The number of benzene rings is 2. The fourth-order valence-corrected chi connectivity index (χ4v) is 3.04. The molecule has 7 nitrogen and oxygen atoms in total. The Labute approximate surface area is 173 Å². The maximum atomic E-state index is 12.2. The molecule has 0 saturated carbocycles. The summed E-state index contributed by atoms with van der Waals surface area (Å²) in [6.45, 7) is 0. The van der Waals surface area contributed by atoms with E-state index in [1.807, 2.05) is 0 Å². The van der Waals surface area contributed by atoms with E-state index in [0.29, 0.717) is 10.6 Å². The largest absolute Gasteiger partial charge is 0.352 e. The van der Waals surface area contributed by atoms with Gasteiger partial charge in [-0.1, -0.05) is 51.3 Å². The molecule has 5 N–H and O–H groups in total. The van der Waals surface area contributed by atoms with E-state index in [-0.39, 0.29) is 17.0 Å². The predicted octanol–water partition coefficient (Wildman–Crippen LogP) is 3.32. The van der Waals surface area contributed by atoms with Crippen LogP contribution < -0.4 is 21.9 Å². The summed E-state index contributed by atoms with van der Waals surface area (Å²) in [4.78, 5) is 35.6. The third kappa shape index (κ3) is 6.42. The van der Waals surface area contributed by atoms with Crippen LogP contribution in [-0.2, 0) is 4.79 Å². The van der Waals surface area contributed by atoms with Gasteiger partial charge in [0.1, 0.15) is 0 Å². The first kappa shape index (κ1) is 21.0. The van der Waals surface area contributed by atoms with Crippen LogP contribution in [0, 0.1) is 0 Å². The second-order valence-corrected chi connectivity index (χ2v) is 7.21. The zero-order chi connectivity index (χ0) is 20.0. The Hall–Kier alpha value is -2.29. The topological polar surface area (TPSA) is 113 Å². The van der Waals surface area contributed by atoms with Crippen LogP contribution in [-0.4, -0.2) is 17.8 Å². The van der Waals surface area contributed by atoms with Gasteiger partial charge in [0.15, 0.2) is 0 Å². The minimum absolute atomic E-state index is 0.114. The van der Waals surface area contributed by atoms with E-state index >= 15 is 0 Å². The molecule has 10 heteroatoms. The van der Waals surface area contributed by atoms with E-state index in [9.17, 15) is 14.4 Å². The average molecular weight is 474 g/mol. The van der Waals surface area contributed by atoms with Crippen molar-refractivity contribution in [1.29, 1.82) is 0 Å². The van der Waals surface area contributed by atoms with Gasteiger partial charge in [0, 0.05) is 9.50 Å². The van der Waals surface area contributed by atoms with Gasteiger partial charge in [0.2, 0.25) is 5.91 Å². The van der Waals surface area contributed by atoms with E-state index in [1.165, 1.54) is 18.2 Å². The molecule has 0 aromatic heterocycles. The van der Waals surface area contributed by atoms with Crippen molar-refractivity contribution in [3.05, 3.63) is 68.1 Å². The maximum absolute atomic E-state index is 12.2. The van der Waals surface area contributed by atoms with Gasteiger partial charge in [0.05, 0.1) is 23.0 Å². The van der Waals surface area contributed by atoms with Crippen LogP contribution in [0.1, 0.15) is 28.4 Å². The van der Waals surface area contributed by atoms with Crippen LogP contribution in [0.5, 0.6) is 0 Å². The molecule has 4 amide bonds. The molecule has 2 rings (SSSR count). The van der Waals surface area contributed by atoms with Gasteiger partial charge >= 0.3 is 6.03 Å². The number of carbonyl (C=O) groups excluding carboxylic acids is 3. The summed E-state index contributed by atoms with van der Waals surface area (Å²) in [5.41, 5.74) is 10.5. The quantitative estimate of drug-likeness (QED) is 0.499. The molecule has 0 saturated heterocycles. The number of nitrogens with two attached hydrogens (primary N) is 1. The van der Waals surface area contributed by atoms with Crippen molar-refractivity contribution >= 4 is 57.0 Å². The van der Waals surface area contributed by atoms with Crippen LogP contribution in [0.3, 0.4) is 0 Å². The summed E-state index contributed by atoms with van der Waals surface area (Å²) in [5.74, 6) is -1.17. The Morgan fingerprint density at radius 1 is 1.07 bits per heavy atom. The summed E-state index contributed by atoms with van der Waals surface area (Å²) < 4.78 is 0.778. The first-order valence-electron chi connectivity index (χ1n) is 7.62. The molecular formula is C17H15BrCl2N4O3. The summed E-state index contributed by atoms with van der Waals surface area (Å²) in [7, 11) is 0. The summed E-state index contributed by atoms with van der Waals surface area (Å²) >= 11 is 15.1. The molecule has 0 aliphatic carbocycles. The van der Waals surface area contributed by atoms with Crippen LogP contribution in [0.25, 0.3) is 0 Å². The fraction of sp³-hybridized carbons (Fsp3) is 0.118. The lowest BCUT2D eigenvalue weighted by molar-refractivity contribution is -0.122. The van der Waals surface area contributed by atoms with Gasteiger partial charge in [-0.2, -0.15) is 0 Å². The number of rotatable bonds is 5. The Kier molecular flexibility index (Phi) is 7.46. The molecule has 27 heavy (non-hydrogen) atoms. The molecule has 2 aromatic carbocycles.